The normalized spacial score (nSPS) is 20.3. The lowest BCUT2D eigenvalue weighted by Crippen LogP contribution is -2.44. The number of carbonyl (C=O) groups excluding carboxylic acids is 2. The molecule has 1 aromatic carbocycles. The minimum absolute atomic E-state index is 0.137. The van der Waals surface area contributed by atoms with Gasteiger partial charge in [-0.1, -0.05) is 24.3 Å². The molecular weight excluding hydrogens is 473 g/mol. The van der Waals surface area contributed by atoms with Crippen molar-refractivity contribution >= 4 is 28.8 Å². The zero-order valence-electron chi connectivity index (χ0n) is 19.1. The van der Waals surface area contributed by atoms with Crippen molar-refractivity contribution in [1.82, 2.24) is 9.88 Å². The molecular formula is C23H25F3N2O5S. The molecule has 34 heavy (non-hydrogen) atoms. The third-order valence-corrected chi connectivity index (χ3v) is 6.42. The van der Waals surface area contributed by atoms with Crippen LogP contribution in [0.2, 0.25) is 0 Å². The van der Waals surface area contributed by atoms with Gasteiger partial charge in [0.25, 0.3) is 0 Å². The molecule has 0 bridgehead atoms. The summed E-state index contributed by atoms with van der Waals surface area (Å²) in [6, 6.07) is 7.40. The molecule has 184 valence electrons. The van der Waals surface area contributed by atoms with Crippen LogP contribution in [-0.2, 0) is 36.4 Å². The Kier molecular flexibility index (Phi) is 8.11. The number of esters is 2. The highest BCUT2D eigenvalue weighted by atomic mass is 32.1. The number of alkyl halides is 3. The van der Waals surface area contributed by atoms with E-state index in [0.29, 0.717) is 17.8 Å². The lowest BCUT2D eigenvalue weighted by Gasteiger charge is -2.27. The first-order chi connectivity index (χ1) is 16.0. The van der Waals surface area contributed by atoms with E-state index in [1.165, 1.54) is 25.7 Å². The van der Waals surface area contributed by atoms with Crippen LogP contribution in [0.15, 0.2) is 35.7 Å². The van der Waals surface area contributed by atoms with E-state index in [2.05, 4.69) is 9.72 Å². The molecule has 2 heterocycles. The van der Waals surface area contributed by atoms with Crippen LogP contribution < -0.4 is 0 Å². The van der Waals surface area contributed by atoms with Crippen LogP contribution >= 0.6 is 11.3 Å². The van der Waals surface area contributed by atoms with Crippen LogP contribution in [-0.4, -0.2) is 54.9 Å². The highest BCUT2D eigenvalue weighted by molar-refractivity contribution is 7.09. The second-order valence-electron chi connectivity index (χ2n) is 7.87. The van der Waals surface area contributed by atoms with Gasteiger partial charge in [0.05, 0.1) is 19.9 Å². The Morgan fingerprint density at radius 1 is 1.26 bits per heavy atom. The first kappa shape index (κ1) is 25.9. The number of hydrogen-bond acceptors (Lipinski definition) is 8. The van der Waals surface area contributed by atoms with Gasteiger partial charge in [-0.25, -0.2) is 14.6 Å². The monoisotopic (exact) mass is 498 g/mol. The third-order valence-electron chi connectivity index (χ3n) is 5.51. The molecule has 0 radical (unpaired) electrons. The summed E-state index contributed by atoms with van der Waals surface area (Å²) in [5.74, 6) is -1.06. The Hall–Kier alpha value is -2.76. The Bertz CT molecular complexity index is 1050. The number of benzene rings is 1. The maximum absolute atomic E-state index is 12.9. The largest absolute Gasteiger partial charge is 0.466 e. The second kappa shape index (κ2) is 10.7. The molecule has 3 unspecified atom stereocenters. The van der Waals surface area contributed by atoms with Crippen LogP contribution in [0, 0.1) is 0 Å². The van der Waals surface area contributed by atoms with Crippen molar-refractivity contribution in [1.29, 1.82) is 0 Å². The van der Waals surface area contributed by atoms with E-state index >= 15 is 0 Å². The number of ether oxygens (including phenoxy) is 3. The first-order valence-corrected chi connectivity index (χ1v) is 11.3. The standard InChI is InChI=1S/C23H25F3N2O5S/c1-13(9-19(29)31-3)16-7-5-15(6-8-16)10-14(2)28-11-18(33-20(28)21(30)32-4)17-12-34-22(27-17)23(24,25)26/h5-9,12,14,18,20H,10-11H2,1-4H3. The van der Waals surface area contributed by atoms with Crippen molar-refractivity contribution in [3.8, 4) is 0 Å². The Morgan fingerprint density at radius 3 is 2.50 bits per heavy atom. The number of allylic oxidation sites excluding steroid dienone is 1. The summed E-state index contributed by atoms with van der Waals surface area (Å²) in [7, 11) is 2.55. The average molecular weight is 499 g/mol. The zero-order valence-corrected chi connectivity index (χ0v) is 19.9. The van der Waals surface area contributed by atoms with Crippen molar-refractivity contribution in [2.75, 3.05) is 20.8 Å². The molecule has 0 aliphatic carbocycles. The minimum atomic E-state index is -4.53. The fourth-order valence-electron chi connectivity index (χ4n) is 3.68. The second-order valence-corrected chi connectivity index (χ2v) is 8.73. The van der Waals surface area contributed by atoms with Gasteiger partial charge in [0.15, 0.2) is 5.01 Å². The first-order valence-electron chi connectivity index (χ1n) is 10.4. The fraction of sp³-hybridized carbons (Fsp3) is 0.435. The third kappa shape index (κ3) is 6.02. The Morgan fingerprint density at radius 2 is 1.94 bits per heavy atom. The van der Waals surface area contributed by atoms with Gasteiger partial charge in [0, 0.05) is 24.0 Å². The van der Waals surface area contributed by atoms with Crippen LogP contribution in [0.5, 0.6) is 0 Å². The van der Waals surface area contributed by atoms with Crippen LogP contribution in [0.1, 0.15) is 41.8 Å². The number of nitrogens with zero attached hydrogens (tertiary/aromatic N) is 2. The SMILES string of the molecule is COC(=O)C=C(C)c1ccc(CC(C)N2CC(c3csc(C(F)(F)F)n3)OC2C(=O)OC)cc1. The zero-order chi connectivity index (χ0) is 25.0. The molecule has 0 spiro atoms. The van der Waals surface area contributed by atoms with Crippen molar-refractivity contribution in [3.63, 3.8) is 0 Å². The van der Waals surface area contributed by atoms with Crippen molar-refractivity contribution < 1.29 is 37.0 Å². The van der Waals surface area contributed by atoms with Gasteiger partial charge >= 0.3 is 18.1 Å². The molecule has 7 nitrogen and oxygen atoms in total. The molecule has 0 saturated carbocycles. The Labute approximate surface area is 199 Å². The maximum atomic E-state index is 12.9. The number of carbonyl (C=O) groups is 2. The van der Waals surface area contributed by atoms with E-state index in [0.717, 1.165) is 16.7 Å². The molecule has 0 amide bonds. The van der Waals surface area contributed by atoms with Crippen LogP contribution in [0.25, 0.3) is 5.57 Å². The number of rotatable bonds is 7. The van der Waals surface area contributed by atoms with Gasteiger partial charge in [-0.05, 0) is 37.0 Å². The summed E-state index contributed by atoms with van der Waals surface area (Å²) < 4.78 is 54.1. The topological polar surface area (TPSA) is 78.0 Å². The van der Waals surface area contributed by atoms with E-state index in [1.807, 2.05) is 31.2 Å². The van der Waals surface area contributed by atoms with Gasteiger partial charge < -0.3 is 14.2 Å². The van der Waals surface area contributed by atoms with Gasteiger partial charge in [0.2, 0.25) is 6.23 Å². The Balaban J connectivity index is 1.73. The van der Waals surface area contributed by atoms with Gasteiger partial charge in [-0.3, -0.25) is 4.90 Å². The van der Waals surface area contributed by atoms with E-state index < -0.39 is 35.5 Å². The molecule has 11 heteroatoms. The summed E-state index contributed by atoms with van der Waals surface area (Å²) in [5, 5.41) is 0.350. The summed E-state index contributed by atoms with van der Waals surface area (Å²) >= 11 is 0.495. The highest BCUT2D eigenvalue weighted by Crippen LogP contribution is 2.36. The smallest absolute Gasteiger partial charge is 0.443 e. The van der Waals surface area contributed by atoms with E-state index in [-0.39, 0.29) is 18.3 Å². The lowest BCUT2D eigenvalue weighted by atomic mass is 10.0. The molecule has 1 saturated heterocycles. The van der Waals surface area contributed by atoms with Gasteiger partial charge in [-0.2, -0.15) is 13.2 Å². The predicted molar refractivity (Wildman–Crippen MR) is 119 cm³/mol. The maximum Gasteiger partial charge on any atom is 0.443 e. The van der Waals surface area contributed by atoms with Gasteiger partial charge in [0.1, 0.15) is 6.10 Å². The quantitative estimate of drug-likeness (QED) is 0.417. The summed E-state index contributed by atoms with van der Waals surface area (Å²) in [5.41, 5.74) is 2.73. The molecule has 3 rings (SSSR count). The molecule has 0 N–H and O–H groups in total. The molecule has 2 aromatic rings. The molecule has 1 aliphatic rings. The predicted octanol–water partition coefficient (Wildman–Crippen LogP) is 4.24. The van der Waals surface area contributed by atoms with Crippen molar-refractivity contribution in [3.05, 3.63) is 57.6 Å². The van der Waals surface area contributed by atoms with Crippen molar-refractivity contribution in [2.24, 2.45) is 0 Å². The van der Waals surface area contributed by atoms with Gasteiger partial charge in [-0.15, -0.1) is 11.3 Å². The summed E-state index contributed by atoms with van der Waals surface area (Å²) in [6.07, 6.45) is -4.41. The van der Waals surface area contributed by atoms with E-state index in [9.17, 15) is 22.8 Å². The van der Waals surface area contributed by atoms with Crippen LogP contribution in [0.4, 0.5) is 13.2 Å². The molecule has 1 aromatic heterocycles. The molecule has 1 aliphatic heterocycles. The van der Waals surface area contributed by atoms with Crippen LogP contribution in [0.3, 0.4) is 0 Å². The minimum Gasteiger partial charge on any atom is -0.466 e. The summed E-state index contributed by atoms with van der Waals surface area (Å²) in [6.45, 7) is 3.90. The summed E-state index contributed by atoms with van der Waals surface area (Å²) in [4.78, 5) is 29.2. The number of thiazole rings is 1. The van der Waals surface area contributed by atoms with E-state index in [4.69, 9.17) is 9.47 Å². The lowest BCUT2D eigenvalue weighted by molar-refractivity contribution is -0.162. The fourth-order valence-corrected chi connectivity index (χ4v) is 4.40. The molecule has 3 atom stereocenters. The molecule has 1 fully saturated rings. The highest BCUT2D eigenvalue weighted by Gasteiger charge is 2.43. The number of methoxy groups -OCH3 is 2. The number of hydrogen-bond donors (Lipinski definition) is 0. The average Bonchev–Trinajstić information content (AvgIpc) is 3.46. The van der Waals surface area contributed by atoms with Crippen molar-refractivity contribution in [2.45, 2.75) is 44.8 Å². The number of halogens is 3. The van der Waals surface area contributed by atoms with E-state index in [1.54, 1.807) is 11.8 Å². The number of aromatic nitrogens is 1.